The van der Waals surface area contributed by atoms with Gasteiger partial charge in [0.15, 0.2) is 0 Å². The summed E-state index contributed by atoms with van der Waals surface area (Å²) in [6.07, 6.45) is 6.92. The molecular formula is C23H28N2. The smallest absolute Gasteiger partial charge is 0.0386 e. The van der Waals surface area contributed by atoms with Gasteiger partial charge in [-0.1, -0.05) is 49.4 Å². The average Bonchev–Trinajstić information content (AvgIpc) is 2.62. The number of benzene rings is 2. The molecule has 0 aliphatic heterocycles. The summed E-state index contributed by atoms with van der Waals surface area (Å²) in [6.45, 7) is 6.26. The van der Waals surface area contributed by atoms with E-state index in [-0.39, 0.29) is 0 Å². The van der Waals surface area contributed by atoms with E-state index in [2.05, 4.69) is 67.4 Å². The fraction of sp³-hybridized carbons (Fsp3) is 0.304. The highest BCUT2D eigenvalue weighted by molar-refractivity contribution is 6.10. The largest absolute Gasteiger partial charge is 0.305 e. The second-order valence-corrected chi connectivity index (χ2v) is 6.37. The second-order valence-electron chi connectivity index (χ2n) is 6.37. The Balaban J connectivity index is 2.25. The molecule has 25 heavy (non-hydrogen) atoms. The molecular weight excluding hydrogens is 304 g/mol. The van der Waals surface area contributed by atoms with Crippen molar-refractivity contribution in [3.05, 3.63) is 76.4 Å². The van der Waals surface area contributed by atoms with Gasteiger partial charge >= 0.3 is 0 Å². The van der Waals surface area contributed by atoms with Crippen molar-refractivity contribution >= 4 is 17.5 Å². The van der Waals surface area contributed by atoms with E-state index in [4.69, 9.17) is 5.41 Å². The van der Waals surface area contributed by atoms with Crippen LogP contribution in [0, 0.1) is 19.3 Å². The third-order valence-corrected chi connectivity index (χ3v) is 4.56. The summed E-state index contributed by atoms with van der Waals surface area (Å²) < 4.78 is 0. The zero-order chi connectivity index (χ0) is 18.2. The molecule has 0 fully saturated rings. The Morgan fingerprint density at radius 3 is 2.52 bits per heavy atom. The molecule has 1 N–H and O–H groups in total. The van der Waals surface area contributed by atoms with Gasteiger partial charge in [-0.15, -0.1) is 0 Å². The van der Waals surface area contributed by atoms with Crippen LogP contribution in [0.1, 0.15) is 47.6 Å². The van der Waals surface area contributed by atoms with E-state index in [0.717, 1.165) is 41.5 Å². The van der Waals surface area contributed by atoms with Gasteiger partial charge < -0.3 is 5.41 Å². The maximum Gasteiger partial charge on any atom is 0.0386 e. The van der Waals surface area contributed by atoms with Crippen molar-refractivity contribution in [3.63, 3.8) is 0 Å². The fourth-order valence-corrected chi connectivity index (χ4v) is 2.98. The summed E-state index contributed by atoms with van der Waals surface area (Å²) in [5, 5.41) is 8.18. The van der Waals surface area contributed by atoms with Crippen molar-refractivity contribution in [2.75, 3.05) is 7.05 Å². The number of nitrogens with zero attached hydrogens (tertiary/aromatic N) is 1. The minimum absolute atomic E-state index is 0.687. The van der Waals surface area contributed by atoms with Crippen LogP contribution in [-0.2, 0) is 6.42 Å². The highest BCUT2D eigenvalue weighted by Crippen LogP contribution is 2.20. The first kappa shape index (κ1) is 18.9. The van der Waals surface area contributed by atoms with Gasteiger partial charge in [0, 0.05) is 19.0 Å². The molecule has 0 bridgehead atoms. The molecule has 2 aromatic rings. The van der Waals surface area contributed by atoms with Gasteiger partial charge in [0.2, 0.25) is 0 Å². The Hall–Kier alpha value is -2.48. The first-order chi connectivity index (χ1) is 12.1. The van der Waals surface area contributed by atoms with Gasteiger partial charge in [-0.05, 0) is 72.6 Å². The van der Waals surface area contributed by atoms with Crippen molar-refractivity contribution in [1.82, 2.24) is 0 Å². The van der Waals surface area contributed by atoms with E-state index < -0.39 is 0 Å². The summed E-state index contributed by atoms with van der Waals surface area (Å²) in [5.74, 6) is 0. The van der Waals surface area contributed by atoms with E-state index in [1.807, 2.05) is 13.1 Å². The topological polar surface area (TPSA) is 36.2 Å². The van der Waals surface area contributed by atoms with Gasteiger partial charge in [0.25, 0.3) is 0 Å². The highest BCUT2D eigenvalue weighted by atomic mass is 14.6. The number of aryl methyl sites for hydroxylation is 3. The molecule has 0 saturated heterocycles. The standard InChI is InChI=1S/C23H28N2/c1-5-23(24)22-15-20(14-13-18(22)3)21(16-25-4)12-8-11-19-10-7-6-9-17(19)2/h6-7,9-10,12-16,24H,5,8,11H2,1-4H3/b21-12+,24-23?,25-16?. The van der Waals surface area contributed by atoms with Crippen molar-refractivity contribution in [2.24, 2.45) is 4.99 Å². The first-order valence-electron chi connectivity index (χ1n) is 8.92. The van der Waals surface area contributed by atoms with Crippen LogP contribution < -0.4 is 0 Å². The highest BCUT2D eigenvalue weighted by Gasteiger charge is 2.07. The Morgan fingerprint density at radius 2 is 1.84 bits per heavy atom. The summed E-state index contributed by atoms with van der Waals surface area (Å²) in [7, 11) is 1.80. The number of allylic oxidation sites excluding steroid dienone is 2. The molecule has 2 aromatic carbocycles. The lowest BCUT2D eigenvalue weighted by Crippen LogP contribution is -2.01. The molecule has 2 rings (SSSR count). The zero-order valence-electron chi connectivity index (χ0n) is 15.8. The third kappa shape index (κ3) is 4.99. The molecule has 0 aliphatic carbocycles. The second kappa shape index (κ2) is 9.12. The van der Waals surface area contributed by atoms with Crippen LogP contribution in [0.15, 0.2) is 53.5 Å². The lowest BCUT2D eigenvalue weighted by molar-refractivity contribution is 0.989. The van der Waals surface area contributed by atoms with Gasteiger partial charge in [-0.2, -0.15) is 0 Å². The molecule has 130 valence electrons. The van der Waals surface area contributed by atoms with Crippen LogP contribution in [0.2, 0.25) is 0 Å². The molecule has 0 unspecified atom stereocenters. The van der Waals surface area contributed by atoms with Crippen molar-refractivity contribution < 1.29 is 0 Å². The van der Waals surface area contributed by atoms with Crippen LogP contribution in [0.5, 0.6) is 0 Å². The molecule has 0 atom stereocenters. The Kier molecular flexibility index (Phi) is 6.88. The molecule has 0 saturated carbocycles. The van der Waals surface area contributed by atoms with Crippen LogP contribution >= 0.6 is 0 Å². The normalized spacial score (nSPS) is 11.9. The molecule has 2 nitrogen and oxygen atoms in total. The zero-order valence-corrected chi connectivity index (χ0v) is 15.8. The minimum atomic E-state index is 0.687. The predicted molar refractivity (Wildman–Crippen MR) is 110 cm³/mol. The lowest BCUT2D eigenvalue weighted by atomic mass is 9.95. The summed E-state index contributed by atoms with van der Waals surface area (Å²) in [6, 6.07) is 14.9. The molecule has 0 spiro atoms. The quantitative estimate of drug-likeness (QED) is 0.622. The number of hydrogen-bond acceptors (Lipinski definition) is 2. The van der Waals surface area contributed by atoms with Crippen molar-refractivity contribution in [1.29, 1.82) is 5.41 Å². The Labute approximate surface area is 151 Å². The molecule has 0 radical (unpaired) electrons. The van der Waals surface area contributed by atoms with Gasteiger partial charge in [-0.25, -0.2) is 0 Å². The van der Waals surface area contributed by atoms with E-state index >= 15 is 0 Å². The minimum Gasteiger partial charge on any atom is -0.305 e. The number of hydrogen-bond donors (Lipinski definition) is 1. The Bertz CT molecular complexity index is 797. The van der Waals surface area contributed by atoms with Crippen LogP contribution in [0.25, 0.3) is 5.57 Å². The SMILES string of the molecule is CCC(=N)c1cc(/C(C=NC)=C/CCc2ccccc2C)ccc1C. The summed E-state index contributed by atoms with van der Waals surface area (Å²) in [5.41, 5.74) is 7.87. The number of aliphatic imine (C=N–C) groups is 1. The number of rotatable bonds is 7. The molecule has 0 aliphatic rings. The van der Waals surface area contributed by atoms with E-state index in [9.17, 15) is 0 Å². The molecule has 0 amide bonds. The monoisotopic (exact) mass is 332 g/mol. The maximum atomic E-state index is 8.18. The predicted octanol–water partition coefficient (Wildman–Crippen LogP) is 5.80. The number of nitrogens with one attached hydrogen (secondary N) is 1. The van der Waals surface area contributed by atoms with Crippen LogP contribution in [0.4, 0.5) is 0 Å². The fourth-order valence-electron chi connectivity index (χ4n) is 2.98. The first-order valence-corrected chi connectivity index (χ1v) is 8.92. The molecule has 2 heteroatoms. The van der Waals surface area contributed by atoms with Gasteiger partial charge in [-0.3, -0.25) is 4.99 Å². The van der Waals surface area contributed by atoms with Crippen LogP contribution in [0.3, 0.4) is 0 Å². The lowest BCUT2D eigenvalue weighted by Gasteiger charge is -2.10. The van der Waals surface area contributed by atoms with Crippen LogP contribution in [-0.4, -0.2) is 19.0 Å². The third-order valence-electron chi connectivity index (χ3n) is 4.56. The summed E-state index contributed by atoms with van der Waals surface area (Å²) in [4.78, 5) is 4.23. The average molecular weight is 332 g/mol. The van der Waals surface area contributed by atoms with Gasteiger partial charge in [0.05, 0.1) is 0 Å². The maximum absolute atomic E-state index is 8.18. The Morgan fingerprint density at radius 1 is 1.08 bits per heavy atom. The molecule has 0 aromatic heterocycles. The summed E-state index contributed by atoms with van der Waals surface area (Å²) >= 11 is 0. The van der Waals surface area contributed by atoms with Gasteiger partial charge in [0.1, 0.15) is 0 Å². The van der Waals surface area contributed by atoms with E-state index in [1.54, 1.807) is 7.05 Å². The van der Waals surface area contributed by atoms with Crippen molar-refractivity contribution in [2.45, 2.75) is 40.0 Å². The van der Waals surface area contributed by atoms with E-state index in [0.29, 0.717) is 5.71 Å². The van der Waals surface area contributed by atoms with E-state index in [1.165, 1.54) is 11.1 Å². The molecule has 0 heterocycles. The van der Waals surface area contributed by atoms with Crippen molar-refractivity contribution in [3.8, 4) is 0 Å².